The van der Waals surface area contributed by atoms with Crippen LogP contribution in [0.3, 0.4) is 0 Å². The van der Waals surface area contributed by atoms with Crippen LogP contribution in [0.15, 0.2) is 54.6 Å². The molecular weight excluding hydrogens is 324 g/mol. The second-order valence-electron chi connectivity index (χ2n) is 5.83. The molecule has 0 atom stereocenters. The van der Waals surface area contributed by atoms with Crippen molar-refractivity contribution in [3.63, 3.8) is 0 Å². The average molecular weight is 346 g/mol. The molecule has 128 valence electrons. The van der Waals surface area contributed by atoms with E-state index in [-0.39, 0.29) is 6.10 Å². The summed E-state index contributed by atoms with van der Waals surface area (Å²) >= 11 is 0. The Kier molecular flexibility index (Phi) is 5.18. The normalized spacial score (nSPS) is 15.9. The summed E-state index contributed by atoms with van der Waals surface area (Å²) in [5, 5.41) is 0. The van der Waals surface area contributed by atoms with E-state index in [0.717, 1.165) is 23.3 Å². The second kappa shape index (κ2) is 7.34. The molecule has 24 heavy (non-hydrogen) atoms. The van der Waals surface area contributed by atoms with Gasteiger partial charge in [0.05, 0.1) is 13.1 Å². The zero-order valence-corrected chi connectivity index (χ0v) is 14.5. The highest BCUT2D eigenvalue weighted by molar-refractivity contribution is 7.87. The van der Waals surface area contributed by atoms with Crippen LogP contribution in [-0.4, -0.2) is 31.9 Å². The molecule has 0 radical (unpaired) electrons. The van der Waals surface area contributed by atoms with E-state index in [9.17, 15) is 8.42 Å². The molecule has 0 saturated carbocycles. The predicted molar refractivity (Wildman–Crippen MR) is 94.0 cm³/mol. The van der Waals surface area contributed by atoms with E-state index in [2.05, 4.69) is 11.6 Å². The molecule has 2 aromatic rings. The van der Waals surface area contributed by atoms with Crippen molar-refractivity contribution in [3.8, 4) is 5.75 Å². The summed E-state index contributed by atoms with van der Waals surface area (Å²) in [6, 6.07) is 17.4. The van der Waals surface area contributed by atoms with Gasteiger partial charge in [-0.3, -0.25) is 0 Å². The van der Waals surface area contributed by atoms with Crippen molar-refractivity contribution in [2.45, 2.75) is 26.0 Å². The molecular formula is C18H22N2O3S. The van der Waals surface area contributed by atoms with Crippen LogP contribution in [0.2, 0.25) is 0 Å². The predicted octanol–water partition coefficient (Wildman–Crippen LogP) is 2.35. The zero-order chi connectivity index (χ0) is 17.0. The molecule has 6 heteroatoms. The van der Waals surface area contributed by atoms with E-state index in [4.69, 9.17) is 4.74 Å². The molecule has 3 rings (SSSR count). The van der Waals surface area contributed by atoms with Crippen molar-refractivity contribution in [2.75, 3.05) is 13.1 Å². The molecule has 0 aliphatic carbocycles. The Hall–Kier alpha value is -1.89. The van der Waals surface area contributed by atoms with Crippen LogP contribution in [0.25, 0.3) is 0 Å². The molecule has 1 saturated heterocycles. The number of aryl methyl sites for hydroxylation is 1. The Bertz CT molecular complexity index is 772. The van der Waals surface area contributed by atoms with Crippen LogP contribution in [0.1, 0.15) is 18.1 Å². The topological polar surface area (TPSA) is 58.6 Å². The SMILES string of the molecule is CCc1ccccc1OC1CN(S(=O)(=O)NCc2ccccc2)C1. The number of rotatable bonds is 7. The first kappa shape index (κ1) is 17.0. The van der Waals surface area contributed by atoms with Gasteiger partial charge in [0.25, 0.3) is 10.2 Å². The summed E-state index contributed by atoms with van der Waals surface area (Å²) in [6.07, 6.45) is 0.801. The number of hydrogen-bond acceptors (Lipinski definition) is 3. The molecule has 2 aromatic carbocycles. The monoisotopic (exact) mass is 346 g/mol. The number of nitrogens with zero attached hydrogens (tertiary/aromatic N) is 1. The highest BCUT2D eigenvalue weighted by Crippen LogP contribution is 2.24. The van der Waals surface area contributed by atoms with E-state index < -0.39 is 10.2 Å². The third-order valence-corrected chi connectivity index (χ3v) is 5.59. The maximum atomic E-state index is 12.3. The molecule has 0 amide bonds. The minimum absolute atomic E-state index is 0.0917. The van der Waals surface area contributed by atoms with Gasteiger partial charge in [0.2, 0.25) is 0 Å². The maximum Gasteiger partial charge on any atom is 0.280 e. The Morgan fingerprint density at radius 3 is 2.46 bits per heavy atom. The standard InChI is InChI=1S/C18H22N2O3S/c1-2-16-10-6-7-11-18(16)23-17-13-20(14-17)24(21,22)19-12-15-8-4-3-5-9-15/h3-11,17,19H,2,12-14H2,1H3. The first-order valence-corrected chi connectivity index (χ1v) is 9.55. The molecule has 5 nitrogen and oxygen atoms in total. The zero-order valence-electron chi connectivity index (χ0n) is 13.7. The summed E-state index contributed by atoms with van der Waals surface area (Å²) in [5.41, 5.74) is 2.08. The Morgan fingerprint density at radius 1 is 1.08 bits per heavy atom. The van der Waals surface area contributed by atoms with Crippen molar-refractivity contribution in [1.82, 2.24) is 9.03 Å². The largest absolute Gasteiger partial charge is 0.487 e. The van der Waals surface area contributed by atoms with Gasteiger partial charge >= 0.3 is 0 Å². The lowest BCUT2D eigenvalue weighted by Crippen LogP contribution is -2.58. The molecule has 0 unspecified atom stereocenters. The Balaban J connectivity index is 1.52. The highest BCUT2D eigenvalue weighted by Gasteiger charge is 2.37. The molecule has 1 N–H and O–H groups in total. The summed E-state index contributed by atoms with van der Waals surface area (Å²) in [6.45, 7) is 3.13. The molecule has 1 fully saturated rings. The first-order chi connectivity index (χ1) is 11.6. The second-order valence-corrected chi connectivity index (χ2v) is 7.59. The Labute approximate surface area is 143 Å². The van der Waals surface area contributed by atoms with Crippen LogP contribution in [0.4, 0.5) is 0 Å². The van der Waals surface area contributed by atoms with Crippen LogP contribution >= 0.6 is 0 Å². The lowest BCUT2D eigenvalue weighted by molar-refractivity contribution is 0.0744. The lowest BCUT2D eigenvalue weighted by Gasteiger charge is -2.38. The van der Waals surface area contributed by atoms with Gasteiger partial charge < -0.3 is 4.74 Å². The van der Waals surface area contributed by atoms with Gasteiger partial charge in [-0.2, -0.15) is 17.4 Å². The van der Waals surface area contributed by atoms with Crippen molar-refractivity contribution in [1.29, 1.82) is 0 Å². The third-order valence-electron chi connectivity index (χ3n) is 4.10. The fraction of sp³-hybridized carbons (Fsp3) is 0.333. The van der Waals surface area contributed by atoms with Gasteiger partial charge in [0.1, 0.15) is 11.9 Å². The van der Waals surface area contributed by atoms with Gasteiger partial charge in [0.15, 0.2) is 0 Å². The summed E-state index contributed by atoms with van der Waals surface area (Å²) in [7, 11) is -3.46. The molecule has 0 bridgehead atoms. The number of nitrogens with one attached hydrogen (secondary N) is 1. The quantitative estimate of drug-likeness (QED) is 0.837. The van der Waals surface area contributed by atoms with E-state index in [0.29, 0.717) is 19.6 Å². The smallest absolute Gasteiger partial charge is 0.280 e. The van der Waals surface area contributed by atoms with Crippen LogP contribution in [0, 0.1) is 0 Å². The minimum Gasteiger partial charge on any atom is -0.487 e. The van der Waals surface area contributed by atoms with Gasteiger partial charge in [0, 0.05) is 6.54 Å². The highest BCUT2D eigenvalue weighted by atomic mass is 32.2. The van der Waals surface area contributed by atoms with E-state index in [1.807, 2.05) is 54.6 Å². The number of ether oxygens (including phenoxy) is 1. The molecule has 1 heterocycles. The average Bonchev–Trinajstić information content (AvgIpc) is 2.57. The van der Waals surface area contributed by atoms with Crippen LogP contribution < -0.4 is 9.46 Å². The van der Waals surface area contributed by atoms with Crippen molar-refractivity contribution >= 4 is 10.2 Å². The van der Waals surface area contributed by atoms with E-state index in [1.54, 1.807) is 0 Å². The number of hydrogen-bond donors (Lipinski definition) is 1. The summed E-state index contributed by atoms with van der Waals surface area (Å²) in [4.78, 5) is 0. The number of benzene rings is 2. The lowest BCUT2D eigenvalue weighted by atomic mass is 10.1. The molecule has 1 aliphatic rings. The third kappa shape index (κ3) is 3.95. The summed E-state index contributed by atoms with van der Waals surface area (Å²) in [5.74, 6) is 0.847. The van der Waals surface area contributed by atoms with Gasteiger partial charge in [-0.1, -0.05) is 55.5 Å². The van der Waals surface area contributed by atoms with Gasteiger partial charge in [-0.15, -0.1) is 0 Å². The summed E-state index contributed by atoms with van der Waals surface area (Å²) < 4.78 is 34.5. The molecule has 0 spiro atoms. The maximum absolute atomic E-state index is 12.3. The van der Waals surface area contributed by atoms with Crippen molar-refractivity contribution in [2.24, 2.45) is 0 Å². The fourth-order valence-electron chi connectivity index (χ4n) is 2.62. The number of para-hydroxylation sites is 1. The van der Waals surface area contributed by atoms with E-state index >= 15 is 0 Å². The van der Waals surface area contributed by atoms with Crippen LogP contribution in [0.5, 0.6) is 5.75 Å². The van der Waals surface area contributed by atoms with E-state index in [1.165, 1.54) is 4.31 Å². The van der Waals surface area contributed by atoms with Crippen molar-refractivity contribution in [3.05, 3.63) is 65.7 Å². The first-order valence-electron chi connectivity index (χ1n) is 8.11. The van der Waals surface area contributed by atoms with Crippen LogP contribution in [-0.2, 0) is 23.2 Å². The molecule has 1 aliphatic heterocycles. The van der Waals surface area contributed by atoms with Gasteiger partial charge in [-0.05, 0) is 23.6 Å². The van der Waals surface area contributed by atoms with Gasteiger partial charge in [-0.25, -0.2) is 0 Å². The minimum atomic E-state index is -3.46. The molecule has 0 aromatic heterocycles. The van der Waals surface area contributed by atoms with Crippen molar-refractivity contribution < 1.29 is 13.2 Å². The Morgan fingerprint density at radius 2 is 1.75 bits per heavy atom. The fourth-order valence-corrected chi connectivity index (χ4v) is 3.88.